The van der Waals surface area contributed by atoms with Gasteiger partial charge in [-0.05, 0) is 32.7 Å². The maximum absolute atomic E-state index is 12.5. The highest BCUT2D eigenvalue weighted by Gasteiger charge is 2.29. The van der Waals surface area contributed by atoms with Gasteiger partial charge in [0.15, 0.2) is 0 Å². The zero-order chi connectivity index (χ0) is 14.9. The van der Waals surface area contributed by atoms with Crippen molar-refractivity contribution >= 4 is 11.6 Å². The summed E-state index contributed by atoms with van der Waals surface area (Å²) in [7, 11) is 0. The number of aromatic nitrogens is 1. The van der Waals surface area contributed by atoms with Gasteiger partial charge in [-0.1, -0.05) is 0 Å². The summed E-state index contributed by atoms with van der Waals surface area (Å²) in [6.07, 6.45) is 2.32. The number of nitrogens with two attached hydrogens (primary N) is 1. The molecule has 7 heteroatoms. The van der Waals surface area contributed by atoms with Crippen molar-refractivity contribution in [3.63, 3.8) is 0 Å². The molecule has 0 aromatic carbocycles. The smallest absolute Gasteiger partial charge is 0.287 e. The maximum Gasteiger partial charge on any atom is 0.287 e. The molecule has 1 aliphatic heterocycles. The molecule has 1 fully saturated rings. The van der Waals surface area contributed by atoms with E-state index in [1.165, 1.54) is 12.3 Å². The molecule has 0 radical (unpaired) electrons. The third-order valence-corrected chi connectivity index (χ3v) is 3.73. The third kappa shape index (κ3) is 2.67. The lowest BCUT2D eigenvalue weighted by atomic mass is 10.1. The van der Waals surface area contributed by atoms with Gasteiger partial charge in [-0.2, -0.15) is 0 Å². The van der Waals surface area contributed by atoms with Crippen LogP contribution < -0.4 is 5.73 Å². The molecule has 1 atom stereocenters. The summed E-state index contributed by atoms with van der Waals surface area (Å²) in [6.45, 7) is 5.65. The number of carbonyl (C=O) groups excluding carboxylic acids is 1. The second kappa shape index (κ2) is 5.62. The van der Waals surface area contributed by atoms with Gasteiger partial charge in [0.25, 0.3) is 11.6 Å². The van der Waals surface area contributed by atoms with E-state index in [-0.39, 0.29) is 17.6 Å². The molecular weight excluding hydrogens is 260 g/mol. The minimum atomic E-state index is -0.470. The summed E-state index contributed by atoms with van der Waals surface area (Å²) in [5, 5.41) is 10.9. The summed E-state index contributed by atoms with van der Waals surface area (Å²) < 4.78 is 1.66. The quantitative estimate of drug-likeness (QED) is 0.666. The number of hydrogen-bond acceptors (Lipinski definition) is 4. The average Bonchev–Trinajstić information content (AvgIpc) is 3.04. The standard InChI is InChI=1S/C13H20N4O3/c1-9(2)16-8-11(17(19)20)5-12(16)13(18)15-4-3-10(6-14)7-15/h5,8-10H,3-4,6-7,14H2,1-2H3. The van der Waals surface area contributed by atoms with Crippen molar-refractivity contribution in [2.45, 2.75) is 26.3 Å². The van der Waals surface area contributed by atoms with Crippen molar-refractivity contribution in [2.75, 3.05) is 19.6 Å². The lowest BCUT2D eigenvalue weighted by Crippen LogP contribution is -2.31. The van der Waals surface area contributed by atoms with E-state index < -0.39 is 4.92 Å². The lowest BCUT2D eigenvalue weighted by molar-refractivity contribution is -0.384. The van der Waals surface area contributed by atoms with E-state index in [0.29, 0.717) is 31.2 Å². The first-order chi connectivity index (χ1) is 9.43. The van der Waals surface area contributed by atoms with Crippen molar-refractivity contribution < 1.29 is 9.72 Å². The van der Waals surface area contributed by atoms with Crippen molar-refractivity contribution in [1.29, 1.82) is 0 Å². The van der Waals surface area contributed by atoms with Gasteiger partial charge in [-0.3, -0.25) is 14.9 Å². The van der Waals surface area contributed by atoms with Gasteiger partial charge >= 0.3 is 0 Å². The molecule has 2 heterocycles. The number of likely N-dealkylation sites (tertiary alicyclic amines) is 1. The second-order valence-electron chi connectivity index (χ2n) is 5.48. The van der Waals surface area contributed by atoms with Crippen LogP contribution in [0.15, 0.2) is 12.3 Å². The Bertz CT molecular complexity index is 524. The number of nitrogens with zero attached hydrogens (tertiary/aromatic N) is 3. The number of rotatable bonds is 4. The summed E-state index contributed by atoms with van der Waals surface area (Å²) >= 11 is 0. The van der Waals surface area contributed by atoms with E-state index in [0.717, 1.165) is 6.42 Å². The predicted octanol–water partition coefficient (Wildman–Crippen LogP) is 1.40. The largest absolute Gasteiger partial charge is 0.337 e. The minimum Gasteiger partial charge on any atom is -0.337 e. The van der Waals surface area contributed by atoms with Crippen LogP contribution in [-0.2, 0) is 0 Å². The second-order valence-corrected chi connectivity index (χ2v) is 5.48. The first kappa shape index (κ1) is 14.5. The Morgan fingerprint density at radius 3 is 2.80 bits per heavy atom. The Kier molecular flexibility index (Phi) is 4.08. The van der Waals surface area contributed by atoms with Crippen LogP contribution >= 0.6 is 0 Å². The molecule has 7 nitrogen and oxygen atoms in total. The Morgan fingerprint density at radius 2 is 2.30 bits per heavy atom. The molecule has 1 unspecified atom stereocenters. The van der Waals surface area contributed by atoms with Crippen LogP contribution in [-0.4, -0.2) is 39.9 Å². The van der Waals surface area contributed by atoms with Crippen molar-refractivity contribution in [3.05, 3.63) is 28.1 Å². The Labute approximate surface area is 117 Å². The number of hydrogen-bond donors (Lipinski definition) is 1. The van der Waals surface area contributed by atoms with Crippen LogP contribution in [0.5, 0.6) is 0 Å². The fourth-order valence-electron chi connectivity index (χ4n) is 2.53. The molecule has 1 aliphatic rings. The van der Waals surface area contributed by atoms with Crippen LogP contribution in [0.1, 0.15) is 36.8 Å². The Balaban J connectivity index is 2.27. The molecule has 1 amide bonds. The summed E-state index contributed by atoms with van der Waals surface area (Å²) in [5.41, 5.74) is 5.96. The zero-order valence-electron chi connectivity index (χ0n) is 11.8. The fourth-order valence-corrected chi connectivity index (χ4v) is 2.53. The van der Waals surface area contributed by atoms with Crippen LogP contribution in [0.2, 0.25) is 0 Å². The highest BCUT2D eigenvalue weighted by atomic mass is 16.6. The highest BCUT2D eigenvalue weighted by Crippen LogP contribution is 2.24. The van der Waals surface area contributed by atoms with E-state index in [2.05, 4.69) is 0 Å². The van der Waals surface area contributed by atoms with Gasteiger partial charge in [-0.15, -0.1) is 0 Å². The third-order valence-electron chi connectivity index (χ3n) is 3.73. The van der Waals surface area contributed by atoms with Gasteiger partial charge in [0.05, 0.1) is 11.1 Å². The average molecular weight is 280 g/mol. The van der Waals surface area contributed by atoms with Crippen molar-refractivity contribution in [3.8, 4) is 0 Å². The maximum atomic E-state index is 12.5. The Morgan fingerprint density at radius 1 is 1.60 bits per heavy atom. The molecule has 0 aliphatic carbocycles. The van der Waals surface area contributed by atoms with E-state index in [9.17, 15) is 14.9 Å². The summed E-state index contributed by atoms with van der Waals surface area (Å²) in [4.78, 5) is 24.7. The molecule has 2 rings (SSSR count). The van der Waals surface area contributed by atoms with Gasteiger partial charge in [-0.25, -0.2) is 0 Å². The molecule has 0 saturated carbocycles. The fraction of sp³-hybridized carbons (Fsp3) is 0.615. The molecular formula is C13H20N4O3. The van der Waals surface area contributed by atoms with Gasteiger partial charge in [0, 0.05) is 25.2 Å². The molecule has 0 spiro atoms. The van der Waals surface area contributed by atoms with Gasteiger partial charge < -0.3 is 15.2 Å². The summed E-state index contributed by atoms with van der Waals surface area (Å²) in [6, 6.07) is 1.36. The lowest BCUT2D eigenvalue weighted by Gasteiger charge is -2.18. The molecule has 2 N–H and O–H groups in total. The molecule has 20 heavy (non-hydrogen) atoms. The SMILES string of the molecule is CC(C)n1cc([N+](=O)[O-])cc1C(=O)N1CCC(CN)C1. The topological polar surface area (TPSA) is 94.4 Å². The normalized spacial score (nSPS) is 18.8. The number of amides is 1. The van der Waals surface area contributed by atoms with Crippen LogP contribution in [0.4, 0.5) is 5.69 Å². The molecule has 0 bridgehead atoms. The van der Waals surface area contributed by atoms with E-state index in [1.54, 1.807) is 9.47 Å². The predicted molar refractivity (Wildman–Crippen MR) is 74.5 cm³/mol. The van der Waals surface area contributed by atoms with Crippen LogP contribution in [0.25, 0.3) is 0 Å². The summed E-state index contributed by atoms with van der Waals surface area (Å²) in [5.74, 6) is 0.180. The van der Waals surface area contributed by atoms with Gasteiger partial charge in [0.2, 0.25) is 0 Å². The molecule has 1 aromatic rings. The highest BCUT2D eigenvalue weighted by molar-refractivity contribution is 5.93. The van der Waals surface area contributed by atoms with Crippen molar-refractivity contribution in [1.82, 2.24) is 9.47 Å². The van der Waals surface area contributed by atoms with E-state index >= 15 is 0 Å². The van der Waals surface area contributed by atoms with Crippen LogP contribution in [0.3, 0.4) is 0 Å². The minimum absolute atomic E-state index is 0.00411. The van der Waals surface area contributed by atoms with Gasteiger partial charge in [0.1, 0.15) is 5.69 Å². The zero-order valence-corrected chi connectivity index (χ0v) is 11.8. The molecule has 110 valence electrons. The molecule has 1 aromatic heterocycles. The first-order valence-electron chi connectivity index (χ1n) is 6.79. The van der Waals surface area contributed by atoms with Crippen LogP contribution in [0, 0.1) is 16.0 Å². The molecule has 1 saturated heterocycles. The monoisotopic (exact) mass is 280 g/mol. The first-order valence-corrected chi connectivity index (χ1v) is 6.79. The Hall–Kier alpha value is -1.89. The number of carbonyl (C=O) groups is 1. The van der Waals surface area contributed by atoms with Crippen molar-refractivity contribution in [2.24, 2.45) is 11.7 Å². The number of nitro groups is 1. The van der Waals surface area contributed by atoms with E-state index in [1.807, 2.05) is 13.8 Å². The van der Waals surface area contributed by atoms with E-state index in [4.69, 9.17) is 5.73 Å².